The van der Waals surface area contributed by atoms with E-state index in [-0.39, 0.29) is 11.8 Å². The first-order chi connectivity index (χ1) is 9.76. The molecule has 4 nitrogen and oxygen atoms in total. The first-order valence-electron chi connectivity index (χ1n) is 7.69. The minimum Gasteiger partial charge on any atom is -0.273 e. The average Bonchev–Trinajstić information content (AvgIpc) is 2.46. The van der Waals surface area contributed by atoms with Gasteiger partial charge in [-0.1, -0.05) is 0 Å². The second kappa shape index (κ2) is 4.44. The molecule has 4 fully saturated rings. The molecule has 0 aromatic heterocycles. The minimum atomic E-state index is -0.523. The first-order valence-corrected chi connectivity index (χ1v) is 7.69. The van der Waals surface area contributed by atoms with Gasteiger partial charge in [-0.25, -0.2) is 5.01 Å². The van der Waals surface area contributed by atoms with Crippen LogP contribution >= 0.6 is 0 Å². The highest BCUT2D eigenvalue weighted by Crippen LogP contribution is 2.57. The molecule has 4 saturated carbocycles. The lowest BCUT2D eigenvalue weighted by atomic mass is 9.51. The van der Waals surface area contributed by atoms with E-state index in [1.807, 2.05) is 0 Å². The molecule has 5 rings (SSSR count). The van der Waals surface area contributed by atoms with Crippen molar-refractivity contribution in [2.75, 3.05) is 0 Å². The van der Waals surface area contributed by atoms with Crippen molar-refractivity contribution in [1.82, 2.24) is 5.01 Å². The van der Waals surface area contributed by atoms with Crippen LogP contribution in [0.5, 0.6) is 0 Å². The van der Waals surface area contributed by atoms with Gasteiger partial charge in [0.25, 0.3) is 0 Å². The summed E-state index contributed by atoms with van der Waals surface area (Å²) in [6, 6.07) is 1.64. The van der Waals surface area contributed by atoms with Crippen molar-refractivity contribution < 1.29 is 4.79 Å². The van der Waals surface area contributed by atoms with Crippen molar-refractivity contribution in [3.63, 3.8) is 0 Å². The maximum Gasteiger partial charge on any atom is 0.247 e. The molecule has 0 aromatic rings. The number of hydrogen-bond donors (Lipinski definition) is 0. The molecule has 4 aliphatic carbocycles. The summed E-state index contributed by atoms with van der Waals surface area (Å²) < 4.78 is 0. The molecule has 1 unspecified atom stereocenters. The van der Waals surface area contributed by atoms with E-state index >= 15 is 0 Å². The molecule has 0 aromatic carbocycles. The summed E-state index contributed by atoms with van der Waals surface area (Å²) in [4.78, 5) is 12.9. The van der Waals surface area contributed by atoms with E-state index in [9.17, 15) is 10.1 Å². The Morgan fingerprint density at radius 2 is 1.80 bits per heavy atom. The number of nitriles is 1. The lowest BCUT2D eigenvalue weighted by Crippen LogP contribution is -2.52. The Labute approximate surface area is 119 Å². The van der Waals surface area contributed by atoms with Crippen molar-refractivity contribution in [2.24, 2.45) is 34.7 Å². The van der Waals surface area contributed by atoms with Crippen molar-refractivity contribution in [2.45, 2.75) is 38.1 Å². The summed E-state index contributed by atoms with van der Waals surface area (Å²) in [6.45, 7) is 0. The molecule has 5 aliphatic rings. The molecule has 1 amide bonds. The van der Waals surface area contributed by atoms with Crippen molar-refractivity contribution in [3.8, 4) is 6.07 Å². The van der Waals surface area contributed by atoms with Gasteiger partial charge in [0.2, 0.25) is 5.91 Å². The van der Waals surface area contributed by atoms with E-state index in [0.717, 1.165) is 11.8 Å². The summed E-state index contributed by atoms with van der Waals surface area (Å²) in [5, 5.41) is 14.8. The number of allylic oxidation sites excluding steroid dienone is 1. The van der Waals surface area contributed by atoms with Crippen LogP contribution in [0, 0.1) is 40.9 Å². The number of amides is 1. The van der Waals surface area contributed by atoms with Crippen LogP contribution in [-0.2, 0) is 4.79 Å². The average molecular weight is 269 g/mol. The first kappa shape index (κ1) is 12.1. The van der Waals surface area contributed by atoms with Crippen LogP contribution in [0.4, 0.5) is 0 Å². The van der Waals surface area contributed by atoms with E-state index in [1.165, 1.54) is 37.1 Å². The second-order valence-corrected chi connectivity index (χ2v) is 6.86. The predicted octanol–water partition coefficient (Wildman–Crippen LogP) is 2.34. The van der Waals surface area contributed by atoms with E-state index < -0.39 is 6.04 Å². The smallest absolute Gasteiger partial charge is 0.247 e. The third-order valence-electron chi connectivity index (χ3n) is 5.70. The number of carbonyl (C=O) groups excluding carboxylic acids is 1. The lowest BCUT2D eigenvalue weighted by Gasteiger charge is -2.54. The molecule has 1 aliphatic heterocycles. The van der Waals surface area contributed by atoms with Gasteiger partial charge in [0.1, 0.15) is 0 Å². The third-order valence-corrected chi connectivity index (χ3v) is 5.70. The minimum absolute atomic E-state index is 0.0888. The summed E-state index contributed by atoms with van der Waals surface area (Å²) in [7, 11) is 0. The molecule has 4 bridgehead atoms. The molecule has 104 valence electrons. The molecular formula is C16H19N3O. The highest BCUT2D eigenvalue weighted by Gasteiger charge is 2.52. The monoisotopic (exact) mass is 269 g/mol. The second-order valence-electron chi connectivity index (χ2n) is 6.86. The number of rotatable bonds is 1. The van der Waals surface area contributed by atoms with Crippen LogP contribution in [0.15, 0.2) is 17.3 Å². The van der Waals surface area contributed by atoms with Crippen LogP contribution in [0.3, 0.4) is 0 Å². The number of nitrogens with zero attached hydrogens (tertiary/aromatic N) is 3. The number of hydrazone groups is 1. The molecule has 1 atom stereocenters. The zero-order valence-electron chi connectivity index (χ0n) is 11.5. The van der Waals surface area contributed by atoms with Crippen LogP contribution < -0.4 is 0 Å². The van der Waals surface area contributed by atoms with Gasteiger partial charge >= 0.3 is 0 Å². The Morgan fingerprint density at radius 1 is 1.15 bits per heavy atom. The molecular weight excluding hydrogens is 250 g/mol. The van der Waals surface area contributed by atoms with Crippen LogP contribution in [0.2, 0.25) is 0 Å². The maximum absolute atomic E-state index is 12.9. The van der Waals surface area contributed by atoms with Crippen LogP contribution in [0.25, 0.3) is 0 Å². The van der Waals surface area contributed by atoms with Crippen molar-refractivity contribution >= 4 is 12.1 Å². The SMILES string of the molecule is N#CC1C=CC=NN1C(=O)C1C2CC3CC(C2)CC1C3. The van der Waals surface area contributed by atoms with Gasteiger partial charge in [0, 0.05) is 12.1 Å². The molecule has 0 N–H and O–H groups in total. The normalized spacial score (nSPS) is 44.6. The topological polar surface area (TPSA) is 56.5 Å². The Kier molecular flexibility index (Phi) is 2.70. The van der Waals surface area contributed by atoms with Gasteiger partial charge in [-0.3, -0.25) is 4.79 Å². The molecule has 0 spiro atoms. The van der Waals surface area contributed by atoms with E-state index in [4.69, 9.17) is 0 Å². The molecule has 4 heteroatoms. The Morgan fingerprint density at radius 3 is 2.40 bits per heavy atom. The van der Waals surface area contributed by atoms with Crippen LogP contribution in [-0.4, -0.2) is 23.2 Å². The fourth-order valence-electron chi connectivity index (χ4n) is 5.19. The van der Waals surface area contributed by atoms with Gasteiger partial charge in [0.15, 0.2) is 6.04 Å². The van der Waals surface area contributed by atoms with E-state index in [1.54, 1.807) is 18.4 Å². The zero-order valence-corrected chi connectivity index (χ0v) is 11.5. The fraction of sp³-hybridized carbons (Fsp3) is 0.688. The molecule has 0 radical (unpaired) electrons. The van der Waals surface area contributed by atoms with Crippen molar-refractivity contribution in [1.29, 1.82) is 5.26 Å². The van der Waals surface area contributed by atoms with Gasteiger partial charge in [-0.2, -0.15) is 10.4 Å². The largest absolute Gasteiger partial charge is 0.273 e. The number of hydrogen-bond acceptors (Lipinski definition) is 3. The Balaban J connectivity index is 1.58. The molecule has 20 heavy (non-hydrogen) atoms. The highest BCUT2D eigenvalue weighted by atomic mass is 16.2. The Hall–Kier alpha value is -1.63. The lowest BCUT2D eigenvalue weighted by molar-refractivity contribution is -0.149. The third kappa shape index (κ3) is 1.72. The number of carbonyl (C=O) groups is 1. The molecule has 0 saturated heterocycles. The van der Waals surface area contributed by atoms with Gasteiger partial charge in [-0.15, -0.1) is 0 Å². The van der Waals surface area contributed by atoms with E-state index in [2.05, 4.69) is 11.2 Å². The predicted molar refractivity (Wildman–Crippen MR) is 74.4 cm³/mol. The summed E-state index contributed by atoms with van der Waals surface area (Å²) in [6.07, 6.45) is 11.4. The fourth-order valence-corrected chi connectivity index (χ4v) is 5.19. The van der Waals surface area contributed by atoms with Gasteiger partial charge in [-0.05, 0) is 67.9 Å². The van der Waals surface area contributed by atoms with Gasteiger partial charge < -0.3 is 0 Å². The summed E-state index contributed by atoms with van der Waals surface area (Å²) >= 11 is 0. The Bertz CT molecular complexity index is 502. The highest BCUT2D eigenvalue weighted by molar-refractivity contribution is 5.83. The quantitative estimate of drug-likeness (QED) is 0.733. The molecule has 1 heterocycles. The zero-order chi connectivity index (χ0) is 13.7. The van der Waals surface area contributed by atoms with Crippen molar-refractivity contribution in [3.05, 3.63) is 12.2 Å². The standard InChI is InChI=1S/C16H19N3O/c17-9-14-2-1-3-18-19(14)16(20)15-12-5-10-4-11(7-12)8-13(15)6-10/h1-3,10-15H,4-8H2. The van der Waals surface area contributed by atoms with Gasteiger partial charge in [0.05, 0.1) is 6.07 Å². The van der Waals surface area contributed by atoms with Crippen LogP contribution in [0.1, 0.15) is 32.1 Å². The maximum atomic E-state index is 12.9. The van der Waals surface area contributed by atoms with E-state index in [0.29, 0.717) is 11.8 Å². The summed E-state index contributed by atoms with van der Waals surface area (Å²) in [5.74, 6) is 3.00. The summed E-state index contributed by atoms with van der Waals surface area (Å²) in [5.41, 5.74) is 0.